The second-order valence-corrected chi connectivity index (χ2v) is 6.98. The van der Waals surface area contributed by atoms with Crippen LogP contribution in [0.4, 0.5) is 10.5 Å². The summed E-state index contributed by atoms with van der Waals surface area (Å²) in [6, 6.07) is 8.04. The molecule has 2 aromatic heterocycles. The van der Waals surface area contributed by atoms with Crippen molar-refractivity contribution < 1.29 is 13.9 Å². The maximum atomic E-state index is 12.1. The molecule has 0 saturated carbocycles. The number of fused-ring (bicyclic) bond motifs is 3. The summed E-state index contributed by atoms with van der Waals surface area (Å²) in [5.74, 6) is 0. The number of carbonyl (C=O) groups is 1. The number of aryl methyl sites for hydroxylation is 1. The zero-order chi connectivity index (χ0) is 18.4. The lowest BCUT2D eigenvalue weighted by atomic mass is 10.00. The highest BCUT2D eigenvalue weighted by Crippen LogP contribution is 2.38. The van der Waals surface area contributed by atoms with Gasteiger partial charge in [-0.2, -0.15) is 5.10 Å². The van der Waals surface area contributed by atoms with Crippen LogP contribution in [0.15, 0.2) is 41.2 Å². The van der Waals surface area contributed by atoms with Gasteiger partial charge >= 0.3 is 6.09 Å². The predicted molar refractivity (Wildman–Crippen MR) is 100 cm³/mol. The van der Waals surface area contributed by atoms with Gasteiger partial charge in [-0.05, 0) is 43.0 Å². The molecule has 1 atom stereocenters. The number of rotatable bonds is 3. The first-order valence-electron chi connectivity index (χ1n) is 9.16. The summed E-state index contributed by atoms with van der Waals surface area (Å²) in [7, 11) is 0. The van der Waals surface area contributed by atoms with Gasteiger partial charge in [-0.1, -0.05) is 6.07 Å². The zero-order valence-corrected chi connectivity index (χ0v) is 14.8. The Hall–Kier alpha value is -3.06. The lowest BCUT2D eigenvalue weighted by Crippen LogP contribution is -2.27. The molecule has 3 heterocycles. The molecular weight excluding hydrogens is 344 g/mol. The fourth-order valence-corrected chi connectivity index (χ4v) is 3.98. The fourth-order valence-electron chi connectivity index (χ4n) is 3.98. The standard InChI is InChI=1S/C20H20N4O3/c21-9-15-10-24(20(25)27-15)14-4-5-16-12(8-14)2-1-3-17-18(22-23-19(16)17)13-6-7-26-11-13/h4-8,11,15H,1-3,9-10,21H2,(H,22,23). The van der Waals surface area contributed by atoms with Crippen LogP contribution in [-0.2, 0) is 17.6 Å². The van der Waals surface area contributed by atoms with Crippen molar-refractivity contribution in [1.82, 2.24) is 10.2 Å². The summed E-state index contributed by atoms with van der Waals surface area (Å²) in [4.78, 5) is 13.8. The van der Waals surface area contributed by atoms with Crippen molar-refractivity contribution in [3.8, 4) is 22.5 Å². The number of hydrogen-bond acceptors (Lipinski definition) is 5. The van der Waals surface area contributed by atoms with Crippen molar-refractivity contribution in [2.75, 3.05) is 18.0 Å². The van der Waals surface area contributed by atoms with Crippen LogP contribution in [-0.4, -0.2) is 35.5 Å². The summed E-state index contributed by atoms with van der Waals surface area (Å²) in [6.45, 7) is 0.829. The van der Waals surface area contributed by atoms with Crippen LogP contribution in [0.2, 0.25) is 0 Å². The Labute approximate surface area is 156 Å². The van der Waals surface area contributed by atoms with Crippen LogP contribution in [0.1, 0.15) is 17.5 Å². The summed E-state index contributed by atoms with van der Waals surface area (Å²) in [5, 5.41) is 7.74. The number of benzene rings is 1. The quantitative estimate of drug-likeness (QED) is 0.744. The molecule has 27 heavy (non-hydrogen) atoms. The first kappa shape index (κ1) is 16.1. The molecule has 1 aliphatic carbocycles. The minimum atomic E-state index is -0.330. The second kappa shape index (κ2) is 6.28. The largest absolute Gasteiger partial charge is 0.472 e. The van der Waals surface area contributed by atoms with Crippen molar-refractivity contribution in [2.24, 2.45) is 5.73 Å². The van der Waals surface area contributed by atoms with Gasteiger partial charge in [0.15, 0.2) is 0 Å². The Bertz CT molecular complexity index is 993. The van der Waals surface area contributed by atoms with Gasteiger partial charge in [-0.3, -0.25) is 10.00 Å². The van der Waals surface area contributed by atoms with Crippen molar-refractivity contribution in [3.05, 3.63) is 47.9 Å². The Kier molecular flexibility index (Phi) is 3.75. The van der Waals surface area contributed by atoms with Gasteiger partial charge in [0.2, 0.25) is 0 Å². The first-order chi connectivity index (χ1) is 13.2. The molecule has 1 saturated heterocycles. The molecule has 2 aliphatic rings. The number of nitrogens with zero attached hydrogens (tertiary/aromatic N) is 2. The van der Waals surface area contributed by atoms with Gasteiger partial charge in [-0.25, -0.2) is 4.79 Å². The van der Waals surface area contributed by atoms with E-state index in [1.165, 1.54) is 11.1 Å². The third-order valence-electron chi connectivity index (χ3n) is 5.34. The maximum Gasteiger partial charge on any atom is 0.414 e. The number of nitrogens with two attached hydrogens (primary N) is 1. The van der Waals surface area contributed by atoms with Crippen molar-refractivity contribution in [1.29, 1.82) is 0 Å². The number of nitrogens with one attached hydrogen (secondary N) is 1. The lowest BCUT2D eigenvalue weighted by molar-refractivity contribution is 0.145. The van der Waals surface area contributed by atoms with Gasteiger partial charge in [0.05, 0.1) is 30.5 Å². The van der Waals surface area contributed by atoms with Gasteiger partial charge in [0, 0.05) is 28.9 Å². The second-order valence-electron chi connectivity index (χ2n) is 6.98. The third-order valence-corrected chi connectivity index (χ3v) is 5.34. The molecule has 3 N–H and O–H groups in total. The number of anilines is 1. The molecule has 0 bridgehead atoms. The van der Waals surface area contributed by atoms with Crippen molar-refractivity contribution in [2.45, 2.75) is 25.4 Å². The van der Waals surface area contributed by atoms with Crippen LogP contribution in [0.5, 0.6) is 0 Å². The topological polar surface area (TPSA) is 97.4 Å². The molecule has 138 valence electrons. The Morgan fingerprint density at radius 3 is 3.00 bits per heavy atom. The summed E-state index contributed by atoms with van der Waals surface area (Å²) in [6.07, 6.45) is 5.72. The molecule has 5 rings (SSSR count). The highest BCUT2D eigenvalue weighted by molar-refractivity contribution is 5.90. The van der Waals surface area contributed by atoms with Crippen LogP contribution >= 0.6 is 0 Å². The number of cyclic esters (lactones) is 1. The molecule has 1 unspecified atom stereocenters. The molecule has 3 aromatic rings. The average Bonchev–Trinajstić information content (AvgIpc) is 3.39. The Balaban J connectivity index is 1.54. The molecule has 0 radical (unpaired) electrons. The molecule has 1 fully saturated rings. The average molecular weight is 364 g/mol. The van der Waals surface area contributed by atoms with E-state index in [0.717, 1.165) is 47.5 Å². The van der Waals surface area contributed by atoms with Crippen molar-refractivity contribution >= 4 is 11.8 Å². The molecule has 1 aliphatic heterocycles. The SMILES string of the molecule is NCC1CN(c2ccc3c(c2)CCCc2c(-c4ccoc4)n[nH]c2-3)C(=O)O1. The summed E-state index contributed by atoms with van der Waals surface area (Å²) in [5.41, 5.74) is 13.0. The van der Waals surface area contributed by atoms with Gasteiger partial charge in [-0.15, -0.1) is 0 Å². The Morgan fingerprint density at radius 2 is 2.22 bits per heavy atom. The van der Waals surface area contributed by atoms with E-state index < -0.39 is 0 Å². The van der Waals surface area contributed by atoms with Crippen LogP contribution in [0.3, 0.4) is 0 Å². The number of H-pyrrole nitrogens is 1. The Morgan fingerprint density at radius 1 is 1.30 bits per heavy atom. The van der Waals surface area contributed by atoms with Gasteiger partial charge in [0.1, 0.15) is 6.10 Å². The number of furan rings is 1. The van der Waals surface area contributed by atoms with E-state index in [9.17, 15) is 4.79 Å². The van der Waals surface area contributed by atoms with Gasteiger partial charge < -0.3 is 14.9 Å². The highest BCUT2D eigenvalue weighted by Gasteiger charge is 2.32. The smallest absolute Gasteiger partial charge is 0.414 e. The van der Waals surface area contributed by atoms with E-state index >= 15 is 0 Å². The lowest BCUT2D eigenvalue weighted by Gasteiger charge is -2.16. The minimum Gasteiger partial charge on any atom is -0.472 e. The van der Waals surface area contributed by atoms with Crippen LogP contribution in [0.25, 0.3) is 22.5 Å². The summed E-state index contributed by atoms with van der Waals surface area (Å²) >= 11 is 0. The fraction of sp³-hybridized carbons (Fsp3) is 0.300. The monoisotopic (exact) mass is 364 g/mol. The zero-order valence-electron chi connectivity index (χ0n) is 14.8. The van der Waals surface area contributed by atoms with E-state index in [-0.39, 0.29) is 12.2 Å². The van der Waals surface area contributed by atoms with E-state index in [1.807, 2.05) is 12.1 Å². The van der Waals surface area contributed by atoms with E-state index in [2.05, 4.69) is 22.3 Å². The van der Waals surface area contributed by atoms with Crippen LogP contribution in [0, 0.1) is 0 Å². The first-order valence-corrected chi connectivity index (χ1v) is 9.16. The third kappa shape index (κ3) is 2.62. The molecule has 1 aromatic carbocycles. The number of aromatic nitrogens is 2. The molecular formula is C20H20N4O3. The van der Waals surface area contributed by atoms with Crippen LogP contribution < -0.4 is 10.6 Å². The number of ether oxygens (including phenoxy) is 1. The number of aromatic amines is 1. The highest BCUT2D eigenvalue weighted by atomic mass is 16.6. The van der Waals surface area contributed by atoms with Crippen molar-refractivity contribution in [3.63, 3.8) is 0 Å². The van der Waals surface area contributed by atoms with E-state index in [0.29, 0.717) is 13.1 Å². The number of carbonyl (C=O) groups excluding carboxylic acids is 1. The summed E-state index contributed by atoms with van der Waals surface area (Å²) < 4.78 is 10.5. The van der Waals surface area contributed by atoms with Gasteiger partial charge in [0.25, 0.3) is 0 Å². The molecule has 0 spiro atoms. The number of hydrogen-bond donors (Lipinski definition) is 2. The normalized spacial score (nSPS) is 18.8. The molecule has 1 amide bonds. The van der Waals surface area contributed by atoms with E-state index in [4.69, 9.17) is 14.9 Å². The molecule has 7 heteroatoms. The number of amides is 1. The maximum absolute atomic E-state index is 12.1. The predicted octanol–water partition coefficient (Wildman–Crippen LogP) is 3.11. The minimum absolute atomic E-state index is 0.243. The van der Waals surface area contributed by atoms with E-state index in [1.54, 1.807) is 17.4 Å². The molecule has 7 nitrogen and oxygen atoms in total.